The van der Waals surface area contributed by atoms with Crippen molar-refractivity contribution in [3.63, 3.8) is 0 Å². The Balaban J connectivity index is 1.41. The number of amides is 2. The maximum atomic E-state index is 13.0. The van der Waals surface area contributed by atoms with E-state index in [-0.39, 0.29) is 25.2 Å². The van der Waals surface area contributed by atoms with Gasteiger partial charge in [0, 0.05) is 29.9 Å². The maximum Gasteiger partial charge on any atom is 0.408 e. The lowest BCUT2D eigenvalue weighted by Gasteiger charge is -2.19. The van der Waals surface area contributed by atoms with Crippen molar-refractivity contribution in [2.45, 2.75) is 31.6 Å². The summed E-state index contributed by atoms with van der Waals surface area (Å²) in [6.45, 7) is 0.401. The summed E-state index contributed by atoms with van der Waals surface area (Å²) in [4.78, 5) is 33.8. The van der Waals surface area contributed by atoms with Crippen molar-refractivity contribution in [2.75, 3.05) is 6.54 Å². The van der Waals surface area contributed by atoms with Crippen LogP contribution in [-0.4, -0.2) is 40.3 Å². The van der Waals surface area contributed by atoms with Gasteiger partial charge in [0.1, 0.15) is 17.3 Å². The minimum absolute atomic E-state index is 0.120. The molecule has 32 heavy (non-hydrogen) atoms. The standard InChI is InChI=1S/C23H23BrN4O4/c24-21-11-17(32-28-21)13-26-22(29)20(10-16-12-25-19-9-5-4-8-18(16)19)27-23(30)31-14-15-6-2-1-3-7-15/h1-9,12,17,20,25H,10-11,13-14H2,(H,26,29)(H,27,30). The van der Waals surface area contributed by atoms with E-state index in [1.54, 1.807) is 0 Å². The SMILES string of the molecule is O=C(NC(Cc1c[nH]c2ccccc12)C(=O)NCC1CC(Br)=NO1)OCc1ccccc1. The average molecular weight is 499 g/mol. The van der Waals surface area contributed by atoms with E-state index in [4.69, 9.17) is 9.57 Å². The fourth-order valence-electron chi connectivity index (χ4n) is 3.48. The number of rotatable bonds is 8. The second-order valence-electron chi connectivity index (χ2n) is 7.47. The molecule has 0 saturated heterocycles. The van der Waals surface area contributed by atoms with Gasteiger partial charge in [0.25, 0.3) is 0 Å². The van der Waals surface area contributed by atoms with Crippen LogP contribution in [0, 0.1) is 0 Å². The molecule has 3 aromatic rings. The molecule has 2 unspecified atom stereocenters. The quantitative estimate of drug-likeness (QED) is 0.441. The number of nitrogens with zero attached hydrogens (tertiary/aromatic N) is 1. The smallest absolute Gasteiger partial charge is 0.408 e. The van der Waals surface area contributed by atoms with Gasteiger partial charge in [-0.2, -0.15) is 0 Å². The van der Waals surface area contributed by atoms with Crippen LogP contribution in [0.2, 0.25) is 0 Å². The molecule has 2 atom stereocenters. The Morgan fingerprint density at radius 2 is 1.97 bits per heavy atom. The molecule has 3 N–H and O–H groups in total. The summed E-state index contributed by atoms with van der Waals surface area (Å²) < 4.78 is 6.02. The zero-order chi connectivity index (χ0) is 22.3. The lowest BCUT2D eigenvalue weighted by Crippen LogP contribution is -2.49. The van der Waals surface area contributed by atoms with Gasteiger partial charge in [0.2, 0.25) is 5.91 Å². The van der Waals surface area contributed by atoms with Gasteiger partial charge in [-0.25, -0.2) is 4.79 Å². The molecule has 0 saturated carbocycles. The highest BCUT2D eigenvalue weighted by Gasteiger charge is 2.26. The van der Waals surface area contributed by atoms with Crippen LogP contribution < -0.4 is 10.6 Å². The molecule has 166 valence electrons. The van der Waals surface area contributed by atoms with Crippen molar-refractivity contribution in [1.82, 2.24) is 15.6 Å². The Morgan fingerprint density at radius 3 is 2.75 bits per heavy atom. The minimum atomic E-state index is -0.816. The van der Waals surface area contributed by atoms with Crippen LogP contribution in [0.1, 0.15) is 17.5 Å². The number of alkyl carbamates (subject to hydrolysis) is 1. The first-order chi connectivity index (χ1) is 15.6. The molecule has 1 aromatic heterocycles. The van der Waals surface area contributed by atoms with Crippen LogP contribution in [0.15, 0.2) is 65.9 Å². The zero-order valence-corrected chi connectivity index (χ0v) is 18.8. The van der Waals surface area contributed by atoms with Crippen molar-refractivity contribution in [3.8, 4) is 0 Å². The number of H-pyrrole nitrogens is 1. The van der Waals surface area contributed by atoms with Crippen LogP contribution in [0.4, 0.5) is 4.79 Å². The highest BCUT2D eigenvalue weighted by atomic mass is 79.9. The van der Waals surface area contributed by atoms with E-state index in [9.17, 15) is 9.59 Å². The molecule has 4 rings (SSSR count). The lowest BCUT2D eigenvalue weighted by molar-refractivity contribution is -0.123. The Hall–Kier alpha value is -3.33. The molecule has 1 aliphatic heterocycles. The van der Waals surface area contributed by atoms with Crippen molar-refractivity contribution in [1.29, 1.82) is 0 Å². The first-order valence-electron chi connectivity index (χ1n) is 10.3. The number of nitrogens with one attached hydrogen (secondary N) is 3. The molecule has 0 radical (unpaired) electrons. The molecular weight excluding hydrogens is 476 g/mol. The maximum absolute atomic E-state index is 13.0. The molecule has 0 aliphatic carbocycles. The van der Waals surface area contributed by atoms with Gasteiger partial charge in [-0.05, 0) is 33.1 Å². The zero-order valence-electron chi connectivity index (χ0n) is 17.2. The van der Waals surface area contributed by atoms with Crippen LogP contribution in [0.3, 0.4) is 0 Å². The monoisotopic (exact) mass is 498 g/mol. The molecule has 0 fully saturated rings. The van der Waals surface area contributed by atoms with Gasteiger partial charge < -0.3 is 25.2 Å². The normalized spacial score (nSPS) is 16.2. The van der Waals surface area contributed by atoms with Gasteiger partial charge in [-0.15, -0.1) is 0 Å². The van der Waals surface area contributed by atoms with E-state index in [2.05, 4.69) is 36.7 Å². The van der Waals surface area contributed by atoms with Crippen LogP contribution in [0.5, 0.6) is 0 Å². The highest BCUT2D eigenvalue weighted by Crippen LogP contribution is 2.19. The number of ether oxygens (including phenoxy) is 1. The molecule has 2 amide bonds. The molecule has 9 heteroatoms. The number of hydrogen-bond acceptors (Lipinski definition) is 5. The van der Waals surface area contributed by atoms with Gasteiger partial charge >= 0.3 is 6.09 Å². The van der Waals surface area contributed by atoms with E-state index in [0.717, 1.165) is 22.0 Å². The number of halogens is 1. The summed E-state index contributed by atoms with van der Waals surface area (Å²) in [5.74, 6) is -0.321. The number of hydrogen-bond donors (Lipinski definition) is 3. The second kappa shape index (κ2) is 10.3. The third kappa shape index (κ3) is 5.67. The van der Waals surface area contributed by atoms with Crippen LogP contribution >= 0.6 is 15.9 Å². The number of oxime groups is 1. The Kier molecular flexibility index (Phi) is 7.06. The van der Waals surface area contributed by atoms with Gasteiger partial charge in [-0.1, -0.05) is 53.7 Å². The fourth-order valence-corrected chi connectivity index (χ4v) is 3.92. The fraction of sp³-hybridized carbons (Fsp3) is 0.261. The van der Waals surface area contributed by atoms with E-state index in [0.29, 0.717) is 17.5 Å². The molecule has 2 heterocycles. The van der Waals surface area contributed by atoms with Crippen LogP contribution in [0.25, 0.3) is 10.9 Å². The average Bonchev–Trinajstić information content (AvgIpc) is 3.42. The number of benzene rings is 2. The number of para-hydroxylation sites is 1. The summed E-state index contributed by atoms with van der Waals surface area (Å²) in [5, 5.41) is 10.4. The number of carbonyl (C=O) groups is 2. The predicted molar refractivity (Wildman–Crippen MR) is 124 cm³/mol. The van der Waals surface area contributed by atoms with Crippen molar-refractivity contribution in [2.24, 2.45) is 5.16 Å². The summed E-state index contributed by atoms with van der Waals surface area (Å²) in [6.07, 6.45) is 1.85. The van der Waals surface area contributed by atoms with Crippen LogP contribution in [-0.2, 0) is 27.4 Å². The molecule has 2 aromatic carbocycles. The van der Waals surface area contributed by atoms with Gasteiger partial charge in [-0.3, -0.25) is 4.79 Å². The lowest BCUT2D eigenvalue weighted by atomic mass is 10.0. The summed E-state index contributed by atoms with van der Waals surface area (Å²) in [7, 11) is 0. The number of fused-ring (bicyclic) bond motifs is 1. The van der Waals surface area contributed by atoms with E-state index < -0.39 is 12.1 Å². The summed E-state index contributed by atoms with van der Waals surface area (Å²) >= 11 is 3.28. The summed E-state index contributed by atoms with van der Waals surface area (Å²) in [6, 6.07) is 16.4. The highest BCUT2D eigenvalue weighted by molar-refractivity contribution is 9.18. The molecule has 0 spiro atoms. The van der Waals surface area contributed by atoms with Crippen molar-refractivity contribution < 1.29 is 19.2 Å². The van der Waals surface area contributed by atoms with Crippen molar-refractivity contribution in [3.05, 3.63) is 71.9 Å². The van der Waals surface area contributed by atoms with Gasteiger partial charge in [0.05, 0.1) is 6.54 Å². The Labute approximate surface area is 193 Å². The Morgan fingerprint density at radius 1 is 1.19 bits per heavy atom. The number of carbonyl (C=O) groups excluding carboxylic acids is 2. The predicted octanol–water partition coefficient (Wildman–Crippen LogP) is 3.62. The third-order valence-corrected chi connectivity index (χ3v) is 5.59. The van der Waals surface area contributed by atoms with Crippen molar-refractivity contribution >= 4 is 43.5 Å². The Bertz CT molecular complexity index is 1120. The molecular formula is C23H23BrN4O4. The number of aromatic amines is 1. The second-order valence-corrected chi connectivity index (χ2v) is 8.38. The summed E-state index contributed by atoms with van der Waals surface area (Å²) in [5.41, 5.74) is 2.76. The topological polar surface area (TPSA) is 105 Å². The van der Waals surface area contributed by atoms with E-state index >= 15 is 0 Å². The molecule has 1 aliphatic rings. The third-order valence-electron chi connectivity index (χ3n) is 5.12. The molecule has 0 bridgehead atoms. The number of aromatic nitrogens is 1. The van der Waals surface area contributed by atoms with Gasteiger partial charge in [0.15, 0.2) is 6.10 Å². The first-order valence-corrected chi connectivity index (χ1v) is 11.1. The molecule has 8 nitrogen and oxygen atoms in total. The minimum Gasteiger partial charge on any atom is -0.445 e. The largest absolute Gasteiger partial charge is 0.445 e. The first kappa shape index (κ1) is 21.9. The van der Waals surface area contributed by atoms with E-state index in [1.165, 1.54) is 0 Å². The van der Waals surface area contributed by atoms with E-state index in [1.807, 2.05) is 60.8 Å².